The van der Waals surface area contributed by atoms with Gasteiger partial charge in [-0.3, -0.25) is 9.69 Å². The molecule has 1 N–H and O–H groups in total. The van der Waals surface area contributed by atoms with Crippen molar-refractivity contribution in [3.05, 3.63) is 0 Å². The van der Waals surface area contributed by atoms with Crippen molar-refractivity contribution in [2.75, 3.05) is 12.3 Å². The zero-order chi connectivity index (χ0) is 10.3. The van der Waals surface area contributed by atoms with Gasteiger partial charge in [-0.05, 0) is 12.3 Å². The number of rotatable bonds is 3. The van der Waals surface area contributed by atoms with E-state index in [1.165, 1.54) is 6.42 Å². The van der Waals surface area contributed by atoms with Crippen molar-refractivity contribution < 1.29 is 9.90 Å². The van der Waals surface area contributed by atoms with Gasteiger partial charge in [0.2, 0.25) is 0 Å². The summed E-state index contributed by atoms with van der Waals surface area (Å²) < 4.78 is 0. The number of carboxylic acid groups (broad SMARTS) is 1. The van der Waals surface area contributed by atoms with Gasteiger partial charge >= 0.3 is 5.97 Å². The molecule has 0 saturated carbocycles. The Labute approximate surface area is 88.9 Å². The molecule has 2 aliphatic rings. The largest absolute Gasteiger partial charge is 0.480 e. The Kier molecular flexibility index (Phi) is 2.75. The minimum Gasteiger partial charge on any atom is -0.480 e. The lowest BCUT2D eigenvalue weighted by atomic mass is 10.0. The first-order chi connectivity index (χ1) is 6.59. The predicted molar refractivity (Wildman–Crippen MR) is 57.6 cm³/mol. The zero-order valence-electron chi connectivity index (χ0n) is 8.64. The standard InChI is InChI=1S/C10H17NO2S/c1-6(2)9(10(12)13)11-4-8-3-7(11)5-14-8/h6-9H,3-5H2,1-2H3,(H,12,13). The third-order valence-corrected chi connectivity index (χ3v) is 4.57. The molecule has 0 aromatic rings. The summed E-state index contributed by atoms with van der Waals surface area (Å²) in [5.41, 5.74) is 0. The lowest BCUT2D eigenvalue weighted by Gasteiger charge is -2.34. The van der Waals surface area contributed by atoms with Crippen molar-refractivity contribution in [1.82, 2.24) is 4.90 Å². The number of nitrogens with zero attached hydrogens (tertiary/aromatic N) is 1. The first-order valence-electron chi connectivity index (χ1n) is 5.19. The molecule has 2 fully saturated rings. The second-order valence-corrected chi connectivity index (χ2v) is 5.90. The summed E-state index contributed by atoms with van der Waals surface area (Å²) >= 11 is 2.00. The Morgan fingerprint density at radius 2 is 2.29 bits per heavy atom. The Bertz CT molecular complexity index is 244. The molecule has 3 atom stereocenters. The van der Waals surface area contributed by atoms with Crippen LogP contribution in [-0.4, -0.2) is 45.6 Å². The lowest BCUT2D eigenvalue weighted by molar-refractivity contribution is -0.145. The normalized spacial score (nSPS) is 33.9. The van der Waals surface area contributed by atoms with Gasteiger partial charge in [0.1, 0.15) is 6.04 Å². The van der Waals surface area contributed by atoms with Crippen molar-refractivity contribution >= 4 is 17.7 Å². The fraction of sp³-hybridized carbons (Fsp3) is 0.900. The number of hydrogen-bond acceptors (Lipinski definition) is 3. The van der Waals surface area contributed by atoms with Crippen molar-refractivity contribution in [2.24, 2.45) is 5.92 Å². The van der Waals surface area contributed by atoms with E-state index in [9.17, 15) is 9.90 Å². The van der Waals surface area contributed by atoms with Crippen LogP contribution in [0.5, 0.6) is 0 Å². The smallest absolute Gasteiger partial charge is 0.321 e. The molecule has 80 valence electrons. The summed E-state index contributed by atoms with van der Waals surface area (Å²) in [6.45, 7) is 4.97. The molecule has 3 unspecified atom stereocenters. The number of fused-ring (bicyclic) bond motifs is 2. The molecule has 2 rings (SSSR count). The molecule has 2 bridgehead atoms. The van der Waals surface area contributed by atoms with E-state index >= 15 is 0 Å². The Morgan fingerprint density at radius 3 is 2.64 bits per heavy atom. The molecular formula is C10H17NO2S. The Hall–Kier alpha value is -0.220. The minimum atomic E-state index is -0.655. The van der Waals surface area contributed by atoms with Gasteiger partial charge in [0.15, 0.2) is 0 Å². The summed E-state index contributed by atoms with van der Waals surface area (Å²) in [5.74, 6) is 0.677. The fourth-order valence-electron chi connectivity index (χ4n) is 2.58. The third-order valence-electron chi connectivity index (χ3n) is 3.18. The molecule has 4 heteroatoms. The third kappa shape index (κ3) is 1.65. The zero-order valence-corrected chi connectivity index (χ0v) is 9.46. The van der Waals surface area contributed by atoms with Crippen molar-refractivity contribution in [3.63, 3.8) is 0 Å². The van der Waals surface area contributed by atoms with E-state index in [1.807, 2.05) is 25.6 Å². The van der Waals surface area contributed by atoms with Gasteiger partial charge in [-0.2, -0.15) is 11.8 Å². The molecule has 0 spiro atoms. The van der Waals surface area contributed by atoms with Gasteiger partial charge in [-0.15, -0.1) is 0 Å². The molecule has 2 saturated heterocycles. The fourth-order valence-corrected chi connectivity index (χ4v) is 4.04. The van der Waals surface area contributed by atoms with Crippen LogP contribution in [0, 0.1) is 5.92 Å². The highest BCUT2D eigenvalue weighted by atomic mass is 32.2. The number of hydrogen-bond donors (Lipinski definition) is 1. The SMILES string of the molecule is CC(C)C(C(=O)O)N1CC2CC1CS2. The molecule has 0 aromatic carbocycles. The van der Waals surface area contributed by atoms with Crippen LogP contribution in [0.2, 0.25) is 0 Å². The molecule has 0 amide bonds. The molecule has 3 nitrogen and oxygen atoms in total. The summed E-state index contributed by atoms with van der Waals surface area (Å²) in [4.78, 5) is 13.4. The lowest BCUT2D eigenvalue weighted by Crippen LogP contribution is -2.49. The maximum atomic E-state index is 11.2. The van der Waals surface area contributed by atoms with Crippen LogP contribution in [0.3, 0.4) is 0 Å². The first-order valence-corrected chi connectivity index (χ1v) is 6.24. The van der Waals surface area contributed by atoms with Crippen LogP contribution in [0.1, 0.15) is 20.3 Å². The van der Waals surface area contributed by atoms with Crippen LogP contribution in [-0.2, 0) is 4.79 Å². The van der Waals surface area contributed by atoms with E-state index in [0.717, 1.165) is 12.3 Å². The maximum absolute atomic E-state index is 11.2. The molecule has 14 heavy (non-hydrogen) atoms. The van der Waals surface area contributed by atoms with Crippen molar-refractivity contribution in [3.8, 4) is 0 Å². The molecule has 0 aromatic heterocycles. The van der Waals surface area contributed by atoms with E-state index in [0.29, 0.717) is 11.3 Å². The number of thioether (sulfide) groups is 1. The Balaban J connectivity index is 2.09. The van der Waals surface area contributed by atoms with Gasteiger partial charge in [0.05, 0.1) is 0 Å². The summed E-state index contributed by atoms with van der Waals surface area (Å²) in [6, 6.07) is 0.249. The molecule has 2 aliphatic heterocycles. The van der Waals surface area contributed by atoms with E-state index < -0.39 is 5.97 Å². The van der Waals surface area contributed by atoms with Crippen LogP contribution in [0.25, 0.3) is 0 Å². The average Bonchev–Trinajstić information content (AvgIpc) is 2.63. The number of likely N-dealkylation sites (tertiary alicyclic amines) is 1. The second-order valence-electron chi connectivity index (χ2n) is 4.57. The average molecular weight is 215 g/mol. The van der Waals surface area contributed by atoms with E-state index in [1.54, 1.807) is 0 Å². The van der Waals surface area contributed by atoms with E-state index in [4.69, 9.17) is 0 Å². The molecule has 2 heterocycles. The quantitative estimate of drug-likeness (QED) is 0.770. The molecule has 0 radical (unpaired) electrons. The highest BCUT2D eigenvalue weighted by molar-refractivity contribution is 8.00. The summed E-state index contributed by atoms with van der Waals surface area (Å²) in [6.07, 6.45) is 1.20. The highest BCUT2D eigenvalue weighted by Crippen LogP contribution is 2.39. The number of carbonyl (C=O) groups is 1. The number of carboxylic acids is 1. The van der Waals surface area contributed by atoms with Gasteiger partial charge in [-0.1, -0.05) is 13.8 Å². The van der Waals surface area contributed by atoms with E-state index in [-0.39, 0.29) is 12.0 Å². The minimum absolute atomic E-state index is 0.205. The van der Waals surface area contributed by atoms with Crippen LogP contribution in [0.15, 0.2) is 0 Å². The van der Waals surface area contributed by atoms with E-state index in [2.05, 4.69) is 4.90 Å². The van der Waals surface area contributed by atoms with Crippen molar-refractivity contribution in [2.45, 2.75) is 37.6 Å². The van der Waals surface area contributed by atoms with Gasteiger partial charge in [0, 0.05) is 23.6 Å². The summed E-state index contributed by atoms with van der Waals surface area (Å²) in [7, 11) is 0. The number of aliphatic carboxylic acids is 1. The van der Waals surface area contributed by atoms with Crippen LogP contribution >= 0.6 is 11.8 Å². The second kappa shape index (κ2) is 3.74. The highest BCUT2D eigenvalue weighted by Gasteiger charge is 2.44. The summed E-state index contributed by atoms with van der Waals surface area (Å²) in [5, 5.41) is 9.88. The molecule has 0 aliphatic carbocycles. The predicted octanol–water partition coefficient (Wildman–Crippen LogP) is 1.29. The Morgan fingerprint density at radius 1 is 1.57 bits per heavy atom. The topological polar surface area (TPSA) is 40.5 Å². The van der Waals surface area contributed by atoms with Gasteiger partial charge < -0.3 is 5.11 Å². The van der Waals surface area contributed by atoms with Crippen LogP contribution in [0.4, 0.5) is 0 Å². The van der Waals surface area contributed by atoms with Crippen LogP contribution < -0.4 is 0 Å². The van der Waals surface area contributed by atoms with Gasteiger partial charge in [-0.25, -0.2) is 0 Å². The monoisotopic (exact) mass is 215 g/mol. The van der Waals surface area contributed by atoms with Gasteiger partial charge in [0.25, 0.3) is 0 Å². The molecular weight excluding hydrogens is 198 g/mol. The maximum Gasteiger partial charge on any atom is 0.321 e. The van der Waals surface area contributed by atoms with Crippen molar-refractivity contribution in [1.29, 1.82) is 0 Å². The first kappa shape index (κ1) is 10.3.